The van der Waals surface area contributed by atoms with E-state index in [0.29, 0.717) is 31.1 Å². The smallest absolute Gasteiger partial charge is 0.201 e. The summed E-state index contributed by atoms with van der Waals surface area (Å²) in [6.07, 6.45) is 2.04. The molecular formula is C25H38N4O2. The molecule has 0 radical (unpaired) electrons. The number of aliphatic imine (C=N–C) groups is 1. The van der Waals surface area contributed by atoms with Gasteiger partial charge in [-0.1, -0.05) is 0 Å². The molecule has 6 heteroatoms. The SMILES string of the molecule is CC(C)Nc1ccc2c(c1)c(C1=NCC3(CCN(C(C)C)CC3)OC1)c(O)n2C(C)C. The number of hydrogen-bond acceptors (Lipinski definition) is 5. The Morgan fingerprint density at radius 2 is 1.77 bits per heavy atom. The average Bonchev–Trinajstić information content (AvgIpc) is 3.00. The number of piperidine rings is 1. The first kappa shape index (κ1) is 22.2. The number of rotatable bonds is 5. The Kier molecular flexibility index (Phi) is 6.05. The molecule has 1 saturated heterocycles. The van der Waals surface area contributed by atoms with E-state index < -0.39 is 0 Å². The summed E-state index contributed by atoms with van der Waals surface area (Å²) in [5, 5.41) is 15.7. The second-order valence-corrected chi connectivity index (χ2v) is 10.1. The molecule has 2 aliphatic rings. The van der Waals surface area contributed by atoms with E-state index in [1.165, 1.54) is 0 Å². The fourth-order valence-corrected chi connectivity index (χ4v) is 4.99. The Hall–Kier alpha value is -2.05. The lowest BCUT2D eigenvalue weighted by molar-refractivity contribution is -0.0713. The first-order chi connectivity index (χ1) is 14.7. The molecule has 0 atom stereocenters. The van der Waals surface area contributed by atoms with Crippen LogP contribution >= 0.6 is 0 Å². The van der Waals surface area contributed by atoms with E-state index >= 15 is 0 Å². The fraction of sp³-hybridized carbons (Fsp3) is 0.640. The summed E-state index contributed by atoms with van der Waals surface area (Å²) >= 11 is 0. The van der Waals surface area contributed by atoms with Crippen molar-refractivity contribution in [2.24, 2.45) is 4.99 Å². The summed E-state index contributed by atoms with van der Waals surface area (Å²) in [6.45, 7) is 16.2. The second-order valence-electron chi connectivity index (χ2n) is 10.1. The molecule has 2 aromatic rings. The van der Waals surface area contributed by atoms with Gasteiger partial charge in [-0.25, -0.2) is 0 Å². The van der Waals surface area contributed by atoms with Gasteiger partial charge in [0.1, 0.15) is 0 Å². The van der Waals surface area contributed by atoms with Crippen LogP contribution < -0.4 is 5.32 Å². The first-order valence-corrected chi connectivity index (χ1v) is 11.8. The highest BCUT2D eigenvalue weighted by molar-refractivity contribution is 6.14. The van der Waals surface area contributed by atoms with E-state index in [0.717, 1.165) is 53.8 Å². The molecule has 0 bridgehead atoms. The van der Waals surface area contributed by atoms with Gasteiger partial charge in [0.25, 0.3) is 0 Å². The maximum absolute atomic E-state index is 11.2. The Bertz CT molecular complexity index is 966. The van der Waals surface area contributed by atoms with E-state index in [4.69, 9.17) is 9.73 Å². The third-order valence-corrected chi connectivity index (χ3v) is 6.75. The van der Waals surface area contributed by atoms with Crippen molar-refractivity contribution in [1.82, 2.24) is 9.47 Å². The molecule has 0 aliphatic carbocycles. The highest BCUT2D eigenvalue weighted by Crippen LogP contribution is 2.38. The number of benzene rings is 1. The lowest BCUT2D eigenvalue weighted by Gasteiger charge is -2.44. The van der Waals surface area contributed by atoms with Gasteiger partial charge < -0.3 is 24.6 Å². The lowest BCUT2D eigenvalue weighted by atomic mass is 9.89. The third-order valence-electron chi connectivity index (χ3n) is 6.75. The van der Waals surface area contributed by atoms with Gasteiger partial charge in [0, 0.05) is 42.3 Å². The molecule has 3 heterocycles. The van der Waals surface area contributed by atoms with Crippen LogP contribution in [0.1, 0.15) is 66.0 Å². The predicted molar refractivity (Wildman–Crippen MR) is 129 cm³/mol. The molecule has 2 N–H and O–H groups in total. The van der Waals surface area contributed by atoms with Crippen LogP contribution in [0.4, 0.5) is 5.69 Å². The number of aromatic nitrogens is 1. The van der Waals surface area contributed by atoms with Gasteiger partial charge in [0.05, 0.1) is 35.5 Å². The van der Waals surface area contributed by atoms with E-state index in [1.807, 2.05) is 4.57 Å². The number of nitrogens with zero attached hydrogens (tertiary/aromatic N) is 3. The fourth-order valence-electron chi connectivity index (χ4n) is 4.99. The van der Waals surface area contributed by atoms with Gasteiger partial charge in [0.2, 0.25) is 5.88 Å². The van der Waals surface area contributed by atoms with Crippen LogP contribution in [0, 0.1) is 0 Å². The van der Waals surface area contributed by atoms with Gasteiger partial charge >= 0.3 is 0 Å². The molecule has 0 saturated carbocycles. The lowest BCUT2D eigenvalue weighted by Crippen LogP contribution is -2.52. The molecule has 0 amide bonds. The maximum atomic E-state index is 11.2. The van der Waals surface area contributed by atoms with Crippen molar-refractivity contribution in [3.05, 3.63) is 23.8 Å². The Morgan fingerprint density at radius 1 is 1.06 bits per heavy atom. The molecule has 31 heavy (non-hydrogen) atoms. The largest absolute Gasteiger partial charge is 0.494 e. The van der Waals surface area contributed by atoms with Crippen LogP contribution in [-0.2, 0) is 4.74 Å². The molecule has 4 rings (SSSR count). The Balaban J connectivity index is 1.67. The van der Waals surface area contributed by atoms with Gasteiger partial charge in [-0.15, -0.1) is 0 Å². The van der Waals surface area contributed by atoms with E-state index in [2.05, 4.69) is 70.0 Å². The van der Waals surface area contributed by atoms with Crippen LogP contribution in [0.2, 0.25) is 0 Å². The number of anilines is 1. The van der Waals surface area contributed by atoms with Gasteiger partial charge in [-0.3, -0.25) is 4.99 Å². The van der Waals surface area contributed by atoms with E-state index in [1.54, 1.807) is 0 Å². The molecule has 1 aromatic carbocycles. The molecular weight excluding hydrogens is 388 g/mol. The van der Waals surface area contributed by atoms with Crippen LogP contribution in [0.25, 0.3) is 10.9 Å². The summed E-state index contributed by atoms with van der Waals surface area (Å²) in [7, 11) is 0. The van der Waals surface area contributed by atoms with Crippen molar-refractivity contribution < 1.29 is 9.84 Å². The van der Waals surface area contributed by atoms with Crippen molar-refractivity contribution >= 4 is 22.3 Å². The second kappa shape index (κ2) is 8.47. The van der Waals surface area contributed by atoms with Crippen molar-refractivity contribution in [1.29, 1.82) is 0 Å². The highest BCUT2D eigenvalue weighted by Gasteiger charge is 2.39. The minimum atomic E-state index is -0.148. The molecule has 2 aliphatic heterocycles. The zero-order valence-electron chi connectivity index (χ0n) is 19.9. The predicted octanol–water partition coefficient (Wildman–Crippen LogP) is 4.81. The number of nitrogens with one attached hydrogen (secondary N) is 1. The van der Waals surface area contributed by atoms with Crippen LogP contribution in [0.3, 0.4) is 0 Å². The summed E-state index contributed by atoms with van der Waals surface area (Å²) in [4.78, 5) is 7.51. The van der Waals surface area contributed by atoms with Crippen molar-refractivity contribution in [2.75, 3.05) is 31.6 Å². The van der Waals surface area contributed by atoms with Crippen LogP contribution in [-0.4, -0.2) is 64.2 Å². The zero-order valence-corrected chi connectivity index (χ0v) is 19.9. The van der Waals surface area contributed by atoms with Crippen molar-refractivity contribution in [3.8, 4) is 5.88 Å². The number of likely N-dealkylation sites (tertiary alicyclic amines) is 1. The van der Waals surface area contributed by atoms with Crippen LogP contribution in [0.5, 0.6) is 5.88 Å². The van der Waals surface area contributed by atoms with Crippen LogP contribution in [0.15, 0.2) is 23.2 Å². The number of aromatic hydroxyl groups is 1. The average molecular weight is 427 g/mol. The molecule has 170 valence electrons. The topological polar surface area (TPSA) is 62.0 Å². The third kappa shape index (κ3) is 4.20. The standard InChI is InChI=1S/C25H38N4O2/c1-16(2)27-19-7-8-22-20(13-19)23(24(30)29(22)18(5)6)21-14-31-25(15-26-21)9-11-28(12-10-25)17(3)4/h7-8,13,16-18,27,30H,9-12,14-15H2,1-6H3. The first-order valence-electron chi connectivity index (χ1n) is 11.8. The number of ether oxygens (including phenoxy) is 1. The quantitative estimate of drug-likeness (QED) is 0.720. The maximum Gasteiger partial charge on any atom is 0.201 e. The van der Waals surface area contributed by atoms with Gasteiger partial charge in [-0.05, 0) is 72.6 Å². The van der Waals surface area contributed by atoms with Crippen molar-refractivity contribution in [3.63, 3.8) is 0 Å². The normalized spacial score (nSPS) is 19.7. The van der Waals surface area contributed by atoms with E-state index in [-0.39, 0.29) is 11.6 Å². The summed E-state index contributed by atoms with van der Waals surface area (Å²) in [6, 6.07) is 7.38. The highest BCUT2D eigenvalue weighted by atomic mass is 16.5. The minimum Gasteiger partial charge on any atom is -0.494 e. The summed E-state index contributed by atoms with van der Waals surface area (Å²) in [5.74, 6) is 0.291. The van der Waals surface area contributed by atoms with E-state index in [9.17, 15) is 5.11 Å². The molecule has 1 fully saturated rings. The zero-order chi connectivity index (χ0) is 22.3. The Labute approximate surface area is 186 Å². The number of fused-ring (bicyclic) bond motifs is 1. The number of hydrogen-bond donors (Lipinski definition) is 2. The van der Waals surface area contributed by atoms with Gasteiger partial charge in [0.15, 0.2) is 0 Å². The summed E-state index contributed by atoms with van der Waals surface area (Å²) in [5.41, 5.74) is 3.63. The molecule has 1 aromatic heterocycles. The Morgan fingerprint density at radius 3 is 2.32 bits per heavy atom. The van der Waals surface area contributed by atoms with Crippen molar-refractivity contribution in [2.45, 2.75) is 78.1 Å². The minimum absolute atomic E-state index is 0.148. The molecule has 1 spiro atoms. The van der Waals surface area contributed by atoms with Gasteiger partial charge in [-0.2, -0.15) is 0 Å². The molecule has 0 unspecified atom stereocenters. The molecule has 6 nitrogen and oxygen atoms in total. The summed E-state index contributed by atoms with van der Waals surface area (Å²) < 4.78 is 8.47. The monoisotopic (exact) mass is 426 g/mol.